The van der Waals surface area contributed by atoms with Gasteiger partial charge in [0.1, 0.15) is 23.5 Å². The molecule has 0 bridgehead atoms. The molecule has 196 valence electrons. The summed E-state index contributed by atoms with van der Waals surface area (Å²) in [4.78, 5) is 1.25. The number of halogens is 4. The number of anilines is 1. The average molecular weight is 579 g/mol. The second-order valence-electron chi connectivity index (χ2n) is 9.43. The smallest absolute Gasteiger partial charge is 0.129 e. The zero-order valence-corrected chi connectivity index (χ0v) is 24.3. The largest absolute Gasteiger partial charge is 0.464 e. The van der Waals surface area contributed by atoms with Gasteiger partial charge in [-0.15, -0.1) is 0 Å². The van der Waals surface area contributed by atoms with Gasteiger partial charge in [-0.2, -0.15) is 0 Å². The quantitative estimate of drug-likeness (QED) is 0.214. The first-order valence-corrected chi connectivity index (χ1v) is 16.2. The van der Waals surface area contributed by atoms with Gasteiger partial charge in [0.25, 0.3) is 0 Å². The molecule has 0 radical (unpaired) electrons. The molecule has 3 aromatic rings. The Morgan fingerprint density at radius 2 is 1.46 bits per heavy atom. The summed E-state index contributed by atoms with van der Waals surface area (Å²) in [5.74, 6) is 2.46. The maximum Gasteiger partial charge on any atom is 0.129 e. The molecule has 1 fully saturated rings. The third-order valence-corrected chi connectivity index (χ3v) is 7.69. The molecule has 0 saturated heterocycles. The standard InChI is InChI=1S/C14H9F2N2.C14H18O.CH3.2ClH.Ti/c15-11-6-3-7-12(16)13(11)18-8-9-4-1-2-5-10(9)14(18)17;1-8-9(2)13-11-6-4-5-7-12(11)15-14(13)10(8)3;;;;/h1-7H,8H2;4-10,13-14H,1-3H3;1H3;2*1H;/q-1;;-1;;;+2/p-2. The number of nitrogens with zero attached hydrogens (tertiary/aromatic N) is 2. The maximum absolute atomic E-state index is 13.7. The first kappa shape index (κ1) is 29.6. The van der Waals surface area contributed by atoms with Gasteiger partial charge in [-0.25, -0.2) is 8.78 Å². The van der Waals surface area contributed by atoms with Crippen LogP contribution in [-0.2, 0) is 23.6 Å². The normalized spacial score (nSPS) is 24.2. The minimum Gasteiger partial charge on any atom is -0.464 e. The van der Waals surface area contributed by atoms with Crippen LogP contribution in [0.1, 0.15) is 43.4 Å². The summed E-state index contributed by atoms with van der Waals surface area (Å²) in [7, 11) is 9.78. The molecule has 0 N–H and O–H groups in total. The van der Waals surface area contributed by atoms with E-state index in [2.05, 4.69) is 45.0 Å². The molecule has 37 heavy (non-hydrogen) atoms. The Balaban J connectivity index is 0.000000184. The van der Waals surface area contributed by atoms with E-state index in [0.717, 1.165) is 23.1 Å². The summed E-state index contributed by atoms with van der Waals surface area (Å²) in [6.07, 6.45) is 0.424. The Morgan fingerprint density at radius 3 is 2.11 bits per heavy atom. The van der Waals surface area contributed by atoms with E-state index >= 15 is 0 Å². The first-order valence-electron chi connectivity index (χ1n) is 11.9. The number of ether oxygens (including phenoxy) is 1. The minimum absolute atomic E-state index is 0. The Labute approximate surface area is 235 Å². The van der Waals surface area contributed by atoms with Crippen molar-refractivity contribution in [3.63, 3.8) is 0 Å². The van der Waals surface area contributed by atoms with Crippen LogP contribution in [0.25, 0.3) is 5.41 Å². The van der Waals surface area contributed by atoms with Crippen molar-refractivity contribution in [2.24, 2.45) is 17.8 Å². The van der Waals surface area contributed by atoms with Gasteiger partial charge < -0.3 is 22.5 Å². The third-order valence-electron chi connectivity index (χ3n) is 7.69. The summed E-state index contributed by atoms with van der Waals surface area (Å²) in [5.41, 5.74) is 2.68. The van der Waals surface area contributed by atoms with E-state index in [0.29, 0.717) is 23.5 Å². The van der Waals surface area contributed by atoms with Gasteiger partial charge in [0.05, 0.1) is 0 Å². The van der Waals surface area contributed by atoms with Crippen LogP contribution in [0.2, 0.25) is 0 Å². The molecule has 0 aromatic heterocycles. The molecule has 0 amide bonds. The number of fused-ring (bicyclic) bond motifs is 4. The minimum atomic E-state index is -0.686. The summed E-state index contributed by atoms with van der Waals surface area (Å²) in [6, 6.07) is 19.3. The number of rotatable bonds is 1. The summed E-state index contributed by atoms with van der Waals surface area (Å²) >= 11 is -0.556. The van der Waals surface area contributed by atoms with Crippen molar-refractivity contribution >= 4 is 30.1 Å². The number of hydrogen-bond donors (Lipinski definition) is 0. The van der Waals surface area contributed by atoms with Crippen LogP contribution in [0.3, 0.4) is 0 Å². The summed E-state index contributed by atoms with van der Waals surface area (Å²) in [5, 5.41) is 10.1. The van der Waals surface area contributed by atoms with Crippen molar-refractivity contribution in [2.45, 2.75) is 39.3 Å². The summed E-state index contributed by atoms with van der Waals surface area (Å²) in [6.45, 7) is 7.33. The Morgan fingerprint density at radius 1 is 0.865 bits per heavy atom. The molecule has 2 heterocycles. The molecule has 1 aliphatic carbocycles. The first-order chi connectivity index (χ1) is 17.3. The van der Waals surface area contributed by atoms with Crippen LogP contribution in [0.4, 0.5) is 14.5 Å². The zero-order chi connectivity index (χ0) is 26.0. The van der Waals surface area contributed by atoms with Crippen molar-refractivity contribution in [3.8, 4) is 5.75 Å². The average Bonchev–Trinajstić information content (AvgIpc) is 3.48. The predicted octanol–water partition coefficient (Wildman–Crippen LogP) is 8.58. The van der Waals surface area contributed by atoms with Crippen LogP contribution in [0, 0.1) is 36.8 Å². The van der Waals surface area contributed by atoms with E-state index in [9.17, 15) is 14.2 Å². The molecule has 5 atom stereocenters. The van der Waals surface area contributed by atoms with Crippen LogP contribution >= 0.6 is 18.6 Å². The Bertz CT molecular complexity index is 1220. The van der Waals surface area contributed by atoms with Gasteiger partial charge in [-0.3, -0.25) is 0 Å². The van der Waals surface area contributed by atoms with Gasteiger partial charge in [0.15, 0.2) is 0 Å². The van der Waals surface area contributed by atoms with Gasteiger partial charge >= 0.3 is 35.6 Å². The van der Waals surface area contributed by atoms with Crippen LogP contribution in [-0.4, -0.2) is 11.9 Å². The number of para-hydroxylation sites is 2. The number of hydrogen-bond acceptors (Lipinski definition) is 1. The molecule has 6 rings (SSSR count). The molecular formula is C29H30Cl2F2N2OTi-2. The van der Waals surface area contributed by atoms with Crippen molar-refractivity contribution in [2.75, 3.05) is 4.90 Å². The Hall–Kier alpha value is -1.92. The monoisotopic (exact) mass is 578 g/mol. The number of benzene rings is 3. The SMILES string of the molecule is CC1C(C)C2Oc3ccccc3C2C1C.[CH3-].[Cl][Ti][Cl].[N-]=C1c2ccccc2CN1c1c(F)cccc1F. The van der Waals surface area contributed by atoms with Crippen LogP contribution in [0.15, 0.2) is 66.7 Å². The molecular weight excluding hydrogens is 549 g/mol. The van der Waals surface area contributed by atoms with Crippen molar-refractivity contribution in [3.05, 3.63) is 108 Å². The van der Waals surface area contributed by atoms with E-state index in [1.165, 1.54) is 28.7 Å². The van der Waals surface area contributed by atoms with E-state index in [1.54, 1.807) is 12.1 Å². The topological polar surface area (TPSA) is 34.8 Å². The molecule has 0 spiro atoms. The second-order valence-corrected chi connectivity index (χ2v) is 12.0. The fourth-order valence-electron chi connectivity index (χ4n) is 5.58. The van der Waals surface area contributed by atoms with E-state index in [4.69, 9.17) is 23.3 Å². The van der Waals surface area contributed by atoms with Gasteiger partial charge in [0.2, 0.25) is 0 Å². The van der Waals surface area contributed by atoms with Crippen molar-refractivity contribution in [1.29, 1.82) is 0 Å². The fourth-order valence-corrected chi connectivity index (χ4v) is 5.58. The maximum atomic E-state index is 13.7. The predicted molar refractivity (Wildman–Crippen MR) is 146 cm³/mol. The molecule has 5 unspecified atom stereocenters. The Kier molecular flexibility index (Phi) is 10.2. The zero-order valence-electron chi connectivity index (χ0n) is 21.3. The third kappa shape index (κ3) is 5.75. The number of amidine groups is 1. The van der Waals surface area contributed by atoms with E-state index in [-0.39, 0.29) is 25.5 Å². The van der Waals surface area contributed by atoms with E-state index < -0.39 is 28.7 Å². The fraction of sp³-hybridized carbons (Fsp3) is 0.310. The van der Waals surface area contributed by atoms with Crippen molar-refractivity contribution < 1.29 is 30.5 Å². The molecule has 2 aliphatic heterocycles. The van der Waals surface area contributed by atoms with E-state index in [1.807, 2.05) is 12.1 Å². The van der Waals surface area contributed by atoms with Crippen LogP contribution in [0.5, 0.6) is 5.75 Å². The second kappa shape index (κ2) is 12.8. The van der Waals surface area contributed by atoms with Crippen LogP contribution < -0.4 is 9.64 Å². The molecule has 3 aliphatic rings. The molecule has 1 saturated carbocycles. The van der Waals surface area contributed by atoms with Gasteiger partial charge in [-0.1, -0.05) is 75.1 Å². The molecule has 3 nitrogen and oxygen atoms in total. The summed E-state index contributed by atoms with van der Waals surface area (Å²) < 4.78 is 33.5. The molecule has 8 heteroatoms. The van der Waals surface area contributed by atoms with Gasteiger partial charge in [0, 0.05) is 17.2 Å². The van der Waals surface area contributed by atoms with Crippen molar-refractivity contribution in [1.82, 2.24) is 0 Å². The molecule has 3 aromatic carbocycles. The van der Waals surface area contributed by atoms with Gasteiger partial charge in [-0.05, 0) is 53.6 Å².